The zero-order valence-corrected chi connectivity index (χ0v) is 13.1. The molecular formula is C15H22ClN3O2. The zero-order valence-electron chi connectivity index (χ0n) is 12.3. The zero-order chi connectivity index (χ0) is 15.2. The van der Waals surface area contributed by atoms with E-state index in [9.17, 15) is 10.1 Å². The van der Waals surface area contributed by atoms with E-state index in [1.807, 2.05) is 0 Å². The number of nitrogens with one attached hydrogen (secondary N) is 1. The van der Waals surface area contributed by atoms with Crippen LogP contribution < -0.4 is 5.32 Å². The van der Waals surface area contributed by atoms with E-state index in [-0.39, 0.29) is 5.69 Å². The highest BCUT2D eigenvalue weighted by atomic mass is 35.5. The van der Waals surface area contributed by atoms with Crippen molar-refractivity contribution >= 4 is 23.0 Å². The molecule has 5 nitrogen and oxygen atoms in total. The van der Waals surface area contributed by atoms with Crippen molar-refractivity contribution in [2.75, 3.05) is 31.5 Å². The molecule has 1 atom stereocenters. The molecule has 1 fully saturated rings. The molecule has 1 heterocycles. The Morgan fingerprint density at radius 1 is 1.38 bits per heavy atom. The summed E-state index contributed by atoms with van der Waals surface area (Å²) in [6, 6.07) is 4.75. The van der Waals surface area contributed by atoms with Crippen molar-refractivity contribution in [2.45, 2.75) is 26.2 Å². The molecule has 0 aromatic heterocycles. The van der Waals surface area contributed by atoms with Crippen LogP contribution in [0.4, 0.5) is 11.4 Å². The first-order chi connectivity index (χ1) is 10.1. The smallest absolute Gasteiger partial charge is 0.293 e. The molecule has 0 spiro atoms. The molecule has 1 aromatic rings. The van der Waals surface area contributed by atoms with Crippen LogP contribution in [0.15, 0.2) is 18.2 Å². The van der Waals surface area contributed by atoms with Crippen LogP contribution in [0.3, 0.4) is 0 Å². The van der Waals surface area contributed by atoms with Crippen LogP contribution in [0.2, 0.25) is 5.02 Å². The predicted molar refractivity (Wildman–Crippen MR) is 86.1 cm³/mol. The molecule has 1 aliphatic heterocycles. The summed E-state index contributed by atoms with van der Waals surface area (Å²) in [5, 5.41) is 14.6. The quantitative estimate of drug-likeness (QED) is 0.641. The van der Waals surface area contributed by atoms with Gasteiger partial charge in [0.05, 0.1) is 9.95 Å². The minimum Gasteiger partial charge on any atom is -0.378 e. The Labute approximate surface area is 130 Å². The number of piperidine rings is 1. The molecule has 0 amide bonds. The number of likely N-dealkylation sites (tertiary alicyclic amines) is 1. The summed E-state index contributed by atoms with van der Waals surface area (Å²) in [6.45, 7) is 6.18. The second-order valence-corrected chi connectivity index (χ2v) is 6.15. The van der Waals surface area contributed by atoms with Crippen LogP contribution in [0, 0.1) is 16.0 Å². The SMILES string of the molecule is CC(CNc1c(Cl)cccc1[N+](=O)[O-])CN1CCCCC1. The van der Waals surface area contributed by atoms with Crippen molar-refractivity contribution < 1.29 is 4.92 Å². The molecule has 1 unspecified atom stereocenters. The van der Waals surface area contributed by atoms with Crippen molar-refractivity contribution in [1.29, 1.82) is 0 Å². The topological polar surface area (TPSA) is 58.4 Å². The number of benzene rings is 1. The predicted octanol–water partition coefficient (Wildman–Crippen LogP) is 3.78. The van der Waals surface area contributed by atoms with Gasteiger partial charge in [-0.1, -0.05) is 31.0 Å². The van der Waals surface area contributed by atoms with Crippen molar-refractivity contribution in [3.05, 3.63) is 33.3 Å². The Morgan fingerprint density at radius 2 is 2.10 bits per heavy atom. The van der Waals surface area contributed by atoms with Crippen LogP contribution in [0.5, 0.6) is 0 Å². The molecule has 1 saturated heterocycles. The van der Waals surface area contributed by atoms with Gasteiger partial charge in [-0.05, 0) is 37.9 Å². The highest BCUT2D eigenvalue weighted by Gasteiger charge is 2.18. The van der Waals surface area contributed by atoms with E-state index in [2.05, 4.69) is 17.1 Å². The van der Waals surface area contributed by atoms with Gasteiger partial charge in [-0.3, -0.25) is 10.1 Å². The van der Waals surface area contributed by atoms with Crippen molar-refractivity contribution in [2.24, 2.45) is 5.92 Å². The fourth-order valence-electron chi connectivity index (χ4n) is 2.76. The minimum absolute atomic E-state index is 0.0349. The molecular weight excluding hydrogens is 290 g/mol. The van der Waals surface area contributed by atoms with Gasteiger partial charge in [0.15, 0.2) is 0 Å². The first kappa shape index (κ1) is 16.0. The third kappa shape index (κ3) is 4.58. The lowest BCUT2D eigenvalue weighted by molar-refractivity contribution is -0.383. The summed E-state index contributed by atoms with van der Waals surface area (Å²) in [6.07, 6.45) is 3.88. The summed E-state index contributed by atoms with van der Waals surface area (Å²) < 4.78 is 0. The average Bonchev–Trinajstić information content (AvgIpc) is 2.46. The summed E-state index contributed by atoms with van der Waals surface area (Å²) in [5.74, 6) is 0.416. The van der Waals surface area contributed by atoms with Crippen LogP contribution in [0.1, 0.15) is 26.2 Å². The van der Waals surface area contributed by atoms with E-state index in [4.69, 9.17) is 11.6 Å². The summed E-state index contributed by atoms with van der Waals surface area (Å²) in [4.78, 5) is 13.1. The maximum Gasteiger partial charge on any atom is 0.293 e. The van der Waals surface area contributed by atoms with Crippen LogP contribution in [-0.2, 0) is 0 Å². The summed E-state index contributed by atoms with van der Waals surface area (Å²) in [5.41, 5.74) is 0.460. The molecule has 1 aromatic carbocycles. The molecule has 1 aliphatic rings. The average molecular weight is 312 g/mol. The van der Waals surface area contributed by atoms with Gasteiger partial charge in [0.2, 0.25) is 0 Å². The lowest BCUT2D eigenvalue weighted by Crippen LogP contribution is -2.35. The highest BCUT2D eigenvalue weighted by Crippen LogP contribution is 2.31. The number of nitro benzene ring substituents is 1. The van der Waals surface area contributed by atoms with E-state index in [0.29, 0.717) is 23.2 Å². The van der Waals surface area contributed by atoms with Gasteiger partial charge in [0, 0.05) is 19.2 Å². The van der Waals surface area contributed by atoms with E-state index in [1.165, 1.54) is 25.3 Å². The van der Waals surface area contributed by atoms with Gasteiger partial charge in [-0.15, -0.1) is 0 Å². The molecule has 1 N–H and O–H groups in total. The fraction of sp³-hybridized carbons (Fsp3) is 0.600. The van der Waals surface area contributed by atoms with Crippen molar-refractivity contribution in [1.82, 2.24) is 4.90 Å². The van der Waals surface area contributed by atoms with E-state index in [1.54, 1.807) is 12.1 Å². The third-order valence-corrected chi connectivity index (χ3v) is 4.15. The van der Waals surface area contributed by atoms with Crippen LogP contribution in [0.25, 0.3) is 0 Å². The Hall–Kier alpha value is -1.33. The Morgan fingerprint density at radius 3 is 2.76 bits per heavy atom. The monoisotopic (exact) mass is 311 g/mol. The maximum absolute atomic E-state index is 11.0. The van der Waals surface area contributed by atoms with Crippen molar-refractivity contribution in [3.63, 3.8) is 0 Å². The molecule has 6 heteroatoms. The minimum atomic E-state index is -0.399. The molecule has 0 radical (unpaired) electrons. The fourth-order valence-corrected chi connectivity index (χ4v) is 3.00. The molecule has 0 saturated carbocycles. The van der Waals surface area contributed by atoms with Crippen molar-refractivity contribution in [3.8, 4) is 0 Å². The lowest BCUT2D eigenvalue weighted by Gasteiger charge is -2.29. The van der Waals surface area contributed by atoms with Gasteiger partial charge in [0.25, 0.3) is 5.69 Å². The Bertz CT molecular complexity index is 490. The van der Waals surface area contributed by atoms with Crippen LogP contribution >= 0.6 is 11.6 Å². The normalized spacial score (nSPS) is 17.4. The number of nitrogens with zero attached hydrogens (tertiary/aromatic N) is 2. The van der Waals surface area contributed by atoms with Gasteiger partial charge in [-0.2, -0.15) is 0 Å². The largest absolute Gasteiger partial charge is 0.378 e. The van der Waals surface area contributed by atoms with Gasteiger partial charge < -0.3 is 10.2 Å². The first-order valence-electron chi connectivity index (χ1n) is 7.47. The summed E-state index contributed by atoms with van der Waals surface area (Å²) in [7, 11) is 0. The number of para-hydroxylation sites is 1. The molecule has 0 bridgehead atoms. The highest BCUT2D eigenvalue weighted by molar-refractivity contribution is 6.33. The molecule has 0 aliphatic carbocycles. The molecule has 2 rings (SSSR count). The Balaban J connectivity index is 1.91. The second-order valence-electron chi connectivity index (χ2n) is 5.74. The van der Waals surface area contributed by atoms with E-state index >= 15 is 0 Å². The number of hydrogen-bond acceptors (Lipinski definition) is 4. The maximum atomic E-state index is 11.0. The number of nitro groups is 1. The number of hydrogen-bond donors (Lipinski definition) is 1. The third-order valence-electron chi connectivity index (χ3n) is 3.83. The van der Waals surface area contributed by atoms with Gasteiger partial charge in [-0.25, -0.2) is 0 Å². The number of halogens is 1. The van der Waals surface area contributed by atoms with E-state index < -0.39 is 4.92 Å². The van der Waals surface area contributed by atoms with Crippen LogP contribution in [-0.4, -0.2) is 36.0 Å². The second kappa shape index (κ2) is 7.61. The number of rotatable bonds is 6. The standard InChI is InChI=1S/C15H22ClN3O2/c1-12(11-18-8-3-2-4-9-18)10-17-15-13(16)6-5-7-14(15)19(20)21/h5-7,12,17H,2-4,8-11H2,1H3. The molecule has 21 heavy (non-hydrogen) atoms. The Kier molecular flexibility index (Phi) is 5.82. The number of anilines is 1. The van der Waals surface area contributed by atoms with E-state index in [0.717, 1.165) is 19.6 Å². The summed E-state index contributed by atoms with van der Waals surface area (Å²) >= 11 is 6.07. The molecule has 116 valence electrons. The first-order valence-corrected chi connectivity index (χ1v) is 7.85. The van der Waals surface area contributed by atoms with Gasteiger partial charge >= 0.3 is 0 Å². The van der Waals surface area contributed by atoms with Gasteiger partial charge in [0.1, 0.15) is 5.69 Å². The lowest BCUT2D eigenvalue weighted by atomic mass is 10.1.